The third-order valence-corrected chi connectivity index (χ3v) is 3.51. The number of sulfone groups is 1. The second kappa shape index (κ2) is 6.97. The van der Waals surface area contributed by atoms with Crippen LogP contribution in [0.15, 0.2) is 18.2 Å². The Morgan fingerprint density at radius 2 is 2.06 bits per heavy atom. The Hall–Kier alpha value is -0.780. The van der Waals surface area contributed by atoms with Crippen LogP contribution < -0.4 is 10.1 Å². The SMILES string of the molecule is Cc1ccc(OCCNCCS(C)(=O)=O)c(Cl)c1. The Balaban J connectivity index is 2.22. The monoisotopic (exact) mass is 291 g/mol. The summed E-state index contributed by atoms with van der Waals surface area (Å²) in [6.07, 6.45) is 1.22. The minimum Gasteiger partial charge on any atom is -0.491 e. The van der Waals surface area contributed by atoms with Crippen LogP contribution in [0.1, 0.15) is 5.56 Å². The molecule has 0 aliphatic heterocycles. The van der Waals surface area contributed by atoms with Gasteiger partial charge in [-0.25, -0.2) is 8.42 Å². The first kappa shape index (κ1) is 15.3. The third-order valence-electron chi connectivity index (χ3n) is 2.27. The van der Waals surface area contributed by atoms with E-state index in [1.807, 2.05) is 25.1 Å². The van der Waals surface area contributed by atoms with Crippen molar-refractivity contribution in [2.45, 2.75) is 6.92 Å². The Bertz CT molecular complexity index is 488. The molecule has 0 amide bonds. The molecule has 1 aromatic rings. The molecule has 0 spiro atoms. The van der Waals surface area contributed by atoms with E-state index in [0.29, 0.717) is 30.5 Å². The van der Waals surface area contributed by atoms with Gasteiger partial charge in [-0.3, -0.25) is 0 Å². The first-order valence-electron chi connectivity index (χ1n) is 5.66. The Kier molecular flexibility index (Phi) is 5.91. The minimum absolute atomic E-state index is 0.137. The van der Waals surface area contributed by atoms with Crippen molar-refractivity contribution in [1.82, 2.24) is 5.32 Å². The zero-order chi connectivity index (χ0) is 13.6. The lowest BCUT2D eigenvalue weighted by Crippen LogP contribution is -2.26. The highest BCUT2D eigenvalue weighted by Crippen LogP contribution is 2.24. The van der Waals surface area contributed by atoms with Crippen LogP contribution in [0.3, 0.4) is 0 Å². The molecular weight excluding hydrogens is 274 g/mol. The van der Waals surface area contributed by atoms with Crippen molar-refractivity contribution >= 4 is 21.4 Å². The van der Waals surface area contributed by atoms with E-state index in [-0.39, 0.29) is 5.75 Å². The predicted octanol–water partition coefficient (Wildman–Crippen LogP) is 1.66. The van der Waals surface area contributed by atoms with Crippen LogP contribution >= 0.6 is 11.6 Å². The summed E-state index contributed by atoms with van der Waals surface area (Å²) < 4.78 is 27.2. The van der Waals surface area contributed by atoms with E-state index < -0.39 is 9.84 Å². The molecule has 1 N–H and O–H groups in total. The van der Waals surface area contributed by atoms with E-state index >= 15 is 0 Å². The van der Waals surface area contributed by atoms with Crippen LogP contribution in [0.4, 0.5) is 0 Å². The standard InChI is InChI=1S/C12H18ClNO3S/c1-10-3-4-12(11(13)9-10)17-7-5-14-6-8-18(2,15)16/h3-4,9,14H,5-8H2,1-2H3. The van der Waals surface area contributed by atoms with Gasteiger partial charge >= 0.3 is 0 Å². The fourth-order valence-corrected chi connectivity index (χ4v) is 2.14. The maximum atomic E-state index is 10.9. The van der Waals surface area contributed by atoms with Gasteiger partial charge in [-0.15, -0.1) is 0 Å². The molecule has 0 saturated heterocycles. The van der Waals surface area contributed by atoms with Crippen LogP contribution in [0.25, 0.3) is 0 Å². The van der Waals surface area contributed by atoms with Crippen molar-refractivity contribution in [2.24, 2.45) is 0 Å². The van der Waals surface area contributed by atoms with Gasteiger partial charge in [-0.2, -0.15) is 0 Å². The minimum atomic E-state index is -2.90. The maximum absolute atomic E-state index is 10.9. The Morgan fingerprint density at radius 1 is 1.33 bits per heavy atom. The highest BCUT2D eigenvalue weighted by molar-refractivity contribution is 7.90. The molecule has 4 nitrogen and oxygen atoms in total. The molecule has 0 heterocycles. The average Bonchev–Trinajstić information content (AvgIpc) is 2.24. The van der Waals surface area contributed by atoms with Crippen molar-refractivity contribution in [3.05, 3.63) is 28.8 Å². The number of nitrogens with one attached hydrogen (secondary N) is 1. The van der Waals surface area contributed by atoms with E-state index in [0.717, 1.165) is 5.56 Å². The van der Waals surface area contributed by atoms with Gasteiger partial charge in [-0.05, 0) is 24.6 Å². The van der Waals surface area contributed by atoms with E-state index in [2.05, 4.69) is 5.32 Å². The number of hydrogen-bond donors (Lipinski definition) is 1. The van der Waals surface area contributed by atoms with Crippen molar-refractivity contribution in [3.63, 3.8) is 0 Å². The summed E-state index contributed by atoms with van der Waals surface area (Å²) in [4.78, 5) is 0. The average molecular weight is 292 g/mol. The number of benzene rings is 1. The van der Waals surface area contributed by atoms with Crippen LogP contribution in [-0.2, 0) is 9.84 Å². The normalized spacial score (nSPS) is 11.5. The molecule has 1 aromatic carbocycles. The number of rotatable bonds is 7. The van der Waals surface area contributed by atoms with E-state index in [1.54, 1.807) is 0 Å². The molecule has 0 atom stereocenters. The van der Waals surface area contributed by atoms with Gasteiger partial charge < -0.3 is 10.1 Å². The smallest absolute Gasteiger partial charge is 0.148 e. The van der Waals surface area contributed by atoms with Crippen LogP contribution in [-0.4, -0.2) is 40.1 Å². The van der Waals surface area contributed by atoms with E-state index in [1.165, 1.54) is 6.26 Å². The fraction of sp³-hybridized carbons (Fsp3) is 0.500. The highest BCUT2D eigenvalue weighted by atomic mass is 35.5. The molecule has 0 saturated carbocycles. The number of aryl methyl sites for hydroxylation is 1. The molecule has 1 rings (SSSR count). The number of ether oxygens (including phenoxy) is 1. The molecule has 0 radical (unpaired) electrons. The maximum Gasteiger partial charge on any atom is 0.148 e. The number of hydrogen-bond acceptors (Lipinski definition) is 4. The summed E-state index contributed by atoms with van der Waals surface area (Å²) in [7, 11) is -2.90. The molecular formula is C12H18ClNO3S. The molecule has 102 valence electrons. The lowest BCUT2D eigenvalue weighted by molar-refractivity contribution is 0.315. The summed E-state index contributed by atoms with van der Waals surface area (Å²) >= 11 is 6.00. The van der Waals surface area contributed by atoms with Gasteiger partial charge in [0.2, 0.25) is 0 Å². The topological polar surface area (TPSA) is 55.4 Å². The summed E-state index contributed by atoms with van der Waals surface area (Å²) in [6, 6.07) is 5.60. The third kappa shape index (κ3) is 6.23. The van der Waals surface area contributed by atoms with Crippen molar-refractivity contribution in [2.75, 3.05) is 31.7 Å². The van der Waals surface area contributed by atoms with Crippen LogP contribution in [0.5, 0.6) is 5.75 Å². The van der Waals surface area contributed by atoms with Gasteiger partial charge in [0.25, 0.3) is 0 Å². The molecule has 0 aliphatic rings. The zero-order valence-corrected chi connectivity index (χ0v) is 12.1. The molecule has 0 fully saturated rings. The van der Waals surface area contributed by atoms with Gasteiger partial charge in [0, 0.05) is 19.3 Å². The quantitative estimate of drug-likeness (QED) is 0.776. The Morgan fingerprint density at radius 3 is 2.67 bits per heavy atom. The first-order valence-corrected chi connectivity index (χ1v) is 8.10. The molecule has 0 aliphatic carbocycles. The van der Waals surface area contributed by atoms with E-state index in [9.17, 15) is 8.42 Å². The summed E-state index contributed by atoms with van der Waals surface area (Å²) in [5.41, 5.74) is 1.08. The summed E-state index contributed by atoms with van der Waals surface area (Å²) in [5, 5.41) is 3.58. The van der Waals surface area contributed by atoms with Gasteiger partial charge in [0.1, 0.15) is 22.2 Å². The molecule has 18 heavy (non-hydrogen) atoms. The first-order chi connectivity index (χ1) is 8.38. The predicted molar refractivity (Wildman–Crippen MR) is 74.3 cm³/mol. The van der Waals surface area contributed by atoms with Gasteiger partial charge in [-0.1, -0.05) is 17.7 Å². The lowest BCUT2D eigenvalue weighted by Gasteiger charge is -2.09. The fourth-order valence-electron chi connectivity index (χ4n) is 1.34. The van der Waals surface area contributed by atoms with Crippen molar-refractivity contribution < 1.29 is 13.2 Å². The second-order valence-corrected chi connectivity index (χ2v) is 6.83. The molecule has 6 heteroatoms. The van der Waals surface area contributed by atoms with E-state index in [4.69, 9.17) is 16.3 Å². The molecule has 0 aromatic heterocycles. The Labute approximate surface area is 113 Å². The highest BCUT2D eigenvalue weighted by Gasteiger charge is 2.02. The van der Waals surface area contributed by atoms with Crippen LogP contribution in [0, 0.1) is 6.92 Å². The van der Waals surface area contributed by atoms with Crippen molar-refractivity contribution in [1.29, 1.82) is 0 Å². The number of halogens is 1. The summed E-state index contributed by atoms with van der Waals surface area (Å²) in [5.74, 6) is 0.783. The second-order valence-electron chi connectivity index (χ2n) is 4.16. The summed E-state index contributed by atoms with van der Waals surface area (Å²) in [6.45, 7) is 3.43. The van der Waals surface area contributed by atoms with Crippen LogP contribution in [0.2, 0.25) is 5.02 Å². The molecule has 0 bridgehead atoms. The largest absolute Gasteiger partial charge is 0.491 e. The zero-order valence-electron chi connectivity index (χ0n) is 10.6. The lowest BCUT2D eigenvalue weighted by atomic mass is 10.2. The molecule has 0 unspecified atom stereocenters. The van der Waals surface area contributed by atoms with Crippen molar-refractivity contribution in [3.8, 4) is 5.75 Å². The van der Waals surface area contributed by atoms with Gasteiger partial charge in [0.05, 0.1) is 10.8 Å². The van der Waals surface area contributed by atoms with Gasteiger partial charge in [0.15, 0.2) is 0 Å².